The molecule has 3 N–H and O–H groups in total. The van der Waals surface area contributed by atoms with Crippen molar-refractivity contribution < 1.29 is 9.84 Å². The molecule has 0 spiro atoms. The van der Waals surface area contributed by atoms with Gasteiger partial charge in [-0.2, -0.15) is 0 Å². The lowest BCUT2D eigenvalue weighted by Gasteiger charge is -2.18. The van der Waals surface area contributed by atoms with E-state index < -0.39 is 5.92 Å². The number of H-pyrrole nitrogens is 2. The molecule has 2 heterocycles. The van der Waals surface area contributed by atoms with Crippen molar-refractivity contribution >= 4 is 11.6 Å². The number of halogens is 1. The highest BCUT2D eigenvalue weighted by Crippen LogP contribution is 2.41. The number of methoxy groups -OCH3 is 1. The first-order valence-electron chi connectivity index (χ1n) is 11.6. The summed E-state index contributed by atoms with van der Waals surface area (Å²) in [5.41, 5.74) is 3.19. The third-order valence-electron chi connectivity index (χ3n) is 6.44. The minimum absolute atomic E-state index is 0.0486. The molecule has 0 fully saturated rings. The molecule has 2 aromatic heterocycles. The van der Waals surface area contributed by atoms with Crippen LogP contribution in [-0.2, 0) is 0 Å². The van der Waals surface area contributed by atoms with Gasteiger partial charge < -0.3 is 9.84 Å². The average molecular weight is 517 g/mol. The molecule has 0 radical (unpaired) electrons. The molecule has 0 unspecified atom stereocenters. The highest BCUT2D eigenvalue weighted by molar-refractivity contribution is 6.32. The van der Waals surface area contributed by atoms with Crippen LogP contribution in [-0.4, -0.2) is 31.8 Å². The fourth-order valence-corrected chi connectivity index (χ4v) is 4.93. The van der Waals surface area contributed by atoms with E-state index >= 15 is 0 Å². The van der Waals surface area contributed by atoms with Crippen LogP contribution >= 0.6 is 11.6 Å². The number of nitrogens with zero attached hydrogens (tertiary/aromatic N) is 2. The van der Waals surface area contributed by atoms with Crippen LogP contribution < -0.4 is 15.9 Å². The average Bonchev–Trinajstić information content (AvgIpc) is 3.37. The Bertz CT molecular complexity index is 1600. The second-order valence-corrected chi connectivity index (χ2v) is 9.15. The second-order valence-electron chi connectivity index (χ2n) is 8.74. The van der Waals surface area contributed by atoms with Crippen LogP contribution in [0.3, 0.4) is 0 Å². The summed E-state index contributed by atoms with van der Waals surface area (Å²) >= 11 is 6.37. The number of hydrogen-bond acceptors (Lipinski definition) is 4. The highest BCUT2D eigenvalue weighted by atomic mass is 35.5. The van der Waals surface area contributed by atoms with E-state index in [0.717, 1.165) is 0 Å². The number of aromatic hydroxyl groups is 1. The number of aromatic amines is 2. The standard InChI is InChI=1S/C28H25ClN4O4/c1-16-23(27(35)32(30-16)19-10-6-4-7-11-19)25(18-14-21(29)26(34)22(15-18)37-3)24-17(2)31-33(28(24)36)20-12-8-5-9-13-20/h4-15,25,30-31,34H,1-3H3. The molecule has 5 rings (SSSR count). The van der Waals surface area contributed by atoms with Crippen LogP contribution in [0.4, 0.5) is 0 Å². The summed E-state index contributed by atoms with van der Waals surface area (Å²) in [6.45, 7) is 3.58. The Balaban J connectivity index is 1.82. The van der Waals surface area contributed by atoms with Crippen LogP contribution in [0.1, 0.15) is 34.0 Å². The first-order valence-corrected chi connectivity index (χ1v) is 12.0. The number of phenolic OH excluding ortho intramolecular Hbond substituents is 1. The zero-order chi connectivity index (χ0) is 26.3. The van der Waals surface area contributed by atoms with Gasteiger partial charge in [-0.05, 0) is 55.8 Å². The highest BCUT2D eigenvalue weighted by Gasteiger charge is 2.32. The van der Waals surface area contributed by atoms with E-state index in [2.05, 4.69) is 10.2 Å². The quantitative estimate of drug-likeness (QED) is 0.301. The molecule has 0 aliphatic heterocycles. The van der Waals surface area contributed by atoms with Crippen LogP contribution in [0.15, 0.2) is 82.4 Å². The number of hydrogen-bond donors (Lipinski definition) is 3. The van der Waals surface area contributed by atoms with Crippen molar-refractivity contribution in [3.05, 3.63) is 127 Å². The Kier molecular flexibility index (Phi) is 6.27. The van der Waals surface area contributed by atoms with Gasteiger partial charge in [-0.1, -0.05) is 48.0 Å². The first-order chi connectivity index (χ1) is 17.8. The van der Waals surface area contributed by atoms with Crippen molar-refractivity contribution in [2.45, 2.75) is 19.8 Å². The molecule has 37 heavy (non-hydrogen) atoms. The maximum absolute atomic E-state index is 13.9. The van der Waals surface area contributed by atoms with Gasteiger partial charge in [-0.3, -0.25) is 19.8 Å². The number of benzene rings is 3. The summed E-state index contributed by atoms with van der Waals surface area (Å²) in [4.78, 5) is 27.8. The summed E-state index contributed by atoms with van der Waals surface area (Å²) in [6, 6.07) is 21.5. The summed E-state index contributed by atoms with van der Waals surface area (Å²) in [5.74, 6) is -0.887. The number of phenols is 1. The minimum atomic E-state index is -0.811. The third kappa shape index (κ3) is 4.15. The molecule has 3 aromatic carbocycles. The number of ether oxygens (including phenoxy) is 1. The number of aryl methyl sites for hydroxylation is 2. The smallest absolute Gasteiger partial charge is 0.275 e. The molecule has 0 atom stereocenters. The van der Waals surface area contributed by atoms with Crippen molar-refractivity contribution in [3.63, 3.8) is 0 Å². The van der Waals surface area contributed by atoms with E-state index in [-0.39, 0.29) is 27.6 Å². The van der Waals surface area contributed by atoms with Crippen molar-refractivity contribution in [1.82, 2.24) is 19.6 Å². The lowest BCUT2D eigenvalue weighted by atomic mass is 9.85. The predicted molar refractivity (Wildman–Crippen MR) is 143 cm³/mol. The monoisotopic (exact) mass is 516 g/mol. The largest absolute Gasteiger partial charge is 0.503 e. The lowest BCUT2D eigenvalue weighted by Crippen LogP contribution is -2.25. The Morgan fingerprint density at radius 2 is 1.27 bits per heavy atom. The molecule has 5 aromatic rings. The Morgan fingerprint density at radius 1 is 0.811 bits per heavy atom. The van der Waals surface area contributed by atoms with Crippen molar-refractivity contribution in [2.24, 2.45) is 0 Å². The number of nitrogens with one attached hydrogen (secondary N) is 2. The molecule has 188 valence electrons. The van der Waals surface area contributed by atoms with Crippen molar-refractivity contribution in [3.8, 4) is 22.9 Å². The van der Waals surface area contributed by atoms with E-state index in [9.17, 15) is 14.7 Å². The normalized spacial score (nSPS) is 11.3. The van der Waals surface area contributed by atoms with Gasteiger partial charge in [0.05, 0.1) is 34.6 Å². The van der Waals surface area contributed by atoms with Gasteiger partial charge in [0, 0.05) is 17.3 Å². The van der Waals surface area contributed by atoms with E-state index in [1.165, 1.54) is 16.5 Å². The summed E-state index contributed by atoms with van der Waals surface area (Å²) < 4.78 is 8.25. The summed E-state index contributed by atoms with van der Waals surface area (Å²) in [6.07, 6.45) is 0. The molecule has 0 saturated carbocycles. The van der Waals surface area contributed by atoms with Gasteiger partial charge in [0.15, 0.2) is 11.5 Å². The van der Waals surface area contributed by atoms with Gasteiger partial charge in [-0.25, -0.2) is 9.36 Å². The second kappa shape index (κ2) is 9.55. The van der Waals surface area contributed by atoms with E-state index in [4.69, 9.17) is 16.3 Å². The first kappa shape index (κ1) is 24.3. The van der Waals surface area contributed by atoms with Crippen LogP contribution in [0, 0.1) is 13.8 Å². The van der Waals surface area contributed by atoms with E-state index in [0.29, 0.717) is 39.5 Å². The fraction of sp³-hybridized carbons (Fsp3) is 0.143. The Hall–Kier alpha value is -4.43. The molecule has 0 aliphatic rings. The van der Waals surface area contributed by atoms with Crippen LogP contribution in [0.25, 0.3) is 11.4 Å². The van der Waals surface area contributed by atoms with Gasteiger partial charge >= 0.3 is 0 Å². The Morgan fingerprint density at radius 3 is 1.70 bits per heavy atom. The summed E-state index contributed by atoms with van der Waals surface area (Å²) in [7, 11) is 1.41. The number of rotatable bonds is 6. The SMILES string of the molecule is COc1cc(C(c2c(C)[nH]n(-c3ccccc3)c2=O)c2c(C)[nH]n(-c3ccccc3)c2=O)cc(Cl)c1O. The zero-order valence-corrected chi connectivity index (χ0v) is 21.2. The fourth-order valence-electron chi connectivity index (χ4n) is 4.71. The zero-order valence-electron chi connectivity index (χ0n) is 20.4. The topological polar surface area (TPSA) is 105 Å². The van der Waals surface area contributed by atoms with Gasteiger partial charge in [0.2, 0.25) is 0 Å². The number of para-hydroxylation sites is 2. The van der Waals surface area contributed by atoms with Gasteiger partial charge in [0.1, 0.15) is 0 Å². The molecule has 0 amide bonds. The molecule has 9 heteroatoms. The minimum Gasteiger partial charge on any atom is -0.503 e. The number of aromatic nitrogens is 4. The van der Waals surface area contributed by atoms with E-state index in [1.54, 1.807) is 26.0 Å². The third-order valence-corrected chi connectivity index (χ3v) is 6.73. The van der Waals surface area contributed by atoms with Gasteiger partial charge in [0.25, 0.3) is 11.1 Å². The predicted octanol–water partition coefficient (Wildman–Crippen LogP) is 4.81. The Labute approximate surface area is 217 Å². The molecular formula is C28H25ClN4O4. The van der Waals surface area contributed by atoms with Crippen molar-refractivity contribution in [2.75, 3.05) is 7.11 Å². The molecular weight excluding hydrogens is 492 g/mol. The maximum Gasteiger partial charge on any atom is 0.275 e. The molecule has 0 bridgehead atoms. The van der Waals surface area contributed by atoms with Gasteiger partial charge in [-0.15, -0.1) is 0 Å². The molecule has 0 aliphatic carbocycles. The molecule has 0 saturated heterocycles. The van der Waals surface area contributed by atoms with Crippen LogP contribution in [0.5, 0.6) is 11.5 Å². The lowest BCUT2D eigenvalue weighted by molar-refractivity contribution is 0.373. The summed E-state index contributed by atoms with van der Waals surface area (Å²) in [5, 5.41) is 16.7. The van der Waals surface area contributed by atoms with Crippen molar-refractivity contribution in [1.29, 1.82) is 0 Å². The van der Waals surface area contributed by atoms with E-state index in [1.807, 2.05) is 60.7 Å². The van der Waals surface area contributed by atoms with Crippen LogP contribution in [0.2, 0.25) is 5.02 Å². The maximum atomic E-state index is 13.9. The molecule has 8 nitrogen and oxygen atoms in total.